The maximum absolute atomic E-state index is 11.8. The second-order valence-electron chi connectivity index (χ2n) is 4.60. The number of carbonyl (C=O) groups excluding carboxylic acids is 1. The summed E-state index contributed by atoms with van der Waals surface area (Å²) in [5, 5.41) is 20.7. The Bertz CT molecular complexity index is 837. The van der Waals surface area contributed by atoms with Gasteiger partial charge in [-0.25, -0.2) is 9.78 Å². The highest BCUT2D eigenvalue weighted by Crippen LogP contribution is 2.31. The molecule has 0 saturated heterocycles. The second kappa shape index (κ2) is 5.65. The summed E-state index contributed by atoms with van der Waals surface area (Å²) >= 11 is 0. The topological polar surface area (TPSA) is 97.2 Å². The molecule has 1 aromatic carbocycles. The molecule has 2 N–H and O–H groups in total. The minimum Gasteiger partial charge on any atom is -0.503 e. The van der Waals surface area contributed by atoms with Crippen LogP contribution in [0.2, 0.25) is 0 Å². The van der Waals surface area contributed by atoms with Crippen LogP contribution in [0.5, 0.6) is 11.6 Å². The molecule has 0 unspecified atom stereocenters. The first-order chi connectivity index (χ1) is 10.6. The van der Waals surface area contributed by atoms with Crippen molar-refractivity contribution in [1.82, 2.24) is 15.2 Å². The van der Waals surface area contributed by atoms with Crippen LogP contribution in [-0.4, -0.2) is 26.4 Å². The van der Waals surface area contributed by atoms with E-state index in [1.165, 1.54) is 6.20 Å². The maximum atomic E-state index is 11.8. The molecule has 0 bridgehead atoms. The smallest absolute Gasteiger partial charge is 0.419 e. The number of fused-ring (bicyclic) bond motifs is 1. The quantitative estimate of drug-likeness (QED) is 0.754. The van der Waals surface area contributed by atoms with Gasteiger partial charge in [0.1, 0.15) is 5.82 Å². The Balaban J connectivity index is 1.84. The summed E-state index contributed by atoms with van der Waals surface area (Å²) in [4.78, 5) is 15.7. The minimum absolute atomic E-state index is 0.232. The van der Waals surface area contributed by atoms with Gasteiger partial charge >= 0.3 is 6.09 Å². The normalized spacial score (nSPS) is 10.4. The van der Waals surface area contributed by atoms with Crippen LogP contribution in [0.4, 0.5) is 10.6 Å². The van der Waals surface area contributed by atoms with Crippen LogP contribution >= 0.6 is 0 Å². The Hall–Kier alpha value is -3.22. The lowest BCUT2D eigenvalue weighted by atomic mass is 10.1. The van der Waals surface area contributed by atoms with Crippen molar-refractivity contribution in [2.45, 2.75) is 6.92 Å². The Morgan fingerprint density at radius 2 is 2.09 bits per heavy atom. The highest BCUT2D eigenvalue weighted by molar-refractivity contribution is 5.89. The Morgan fingerprint density at radius 3 is 2.86 bits per heavy atom. The van der Waals surface area contributed by atoms with Gasteiger partial charge in [0, 0.05) is 11.6 Å². The van der Waals surface area contributed by atoms with E-state index in [1.807, 2.05) is 13.0 Å². The minimum atomic E-state index is -0.810. The number of aromatic hydroxyl groups is 1. The number of rotatable bonds is 2. The zero-order chi connectivity index (χ0) is 15.5. The number of ether oxygens (including phenoxy) is 1. The zero-order valence-electron chi connectivity index (χ0n) is 11.6. The van der Waals surface area contributed by atoms with Crippen LogP contribution < -0.4 is 10.1 Å². The summed E-state index contributed by atoms with van der Waals surface area (Å²) in [6.45, 7) is 1.88. The number of benzene rings is 1. The molecule has 0 atom stereocenters. The molecule has 0 fully saturated rings. The van der Waals surface area contributed by atoms with Gasteiger partial charge in [-0.1, -0.05) is 17.7 Å². The van der Waals surface area contributed by atoms with Gasteiger partial charge in [0.15, 0.2) is 5.75 Å². The van der Waals surface area contributed by atoms with E-state index in [4.69, 9.17) is 4.74 Å². The fourth-order valence-electron chi connectivity index (χ4n) is 1.91. The lowest BCUT2D eigenvalue weighted by molar-refractivity contribution is 0.210. The third kappa shape index (κ3) is 2.78. The number of hydrogen-bond acceptors (Lipinski definition) is 6. The third-order valence-corrected chi connectivity index (χ3v) is 2.94. The van der Waals surface area contributed by atoms with E-state index in [0.717, 1.165) is 5.56 Å². The fraction of sp³-hybridized carbons (Fsp3) is 0.0667. The number of amides is 1. The second-order valence-corrected chi connectivity index (χ2v) is 4.60. The number of aryl methyl sites for hydroxylation is 1. The summed E-state index contributed by atoms with van der Waals surface area (Å²) < 4.78 is 4.98. The van der Waals surface area contributed by atoms with E-state index in [-0.39, 0.29) is 11.6 Å². The van der Waals surface area contributed by atoms with E-state index < -0.39 is 6.09 Å². The molecule has 2 aromatic heterocycles. The molecular formula is C15H12N4O3. The number of carbonyl (C=O) groups is 1. The van der Waals surface area contributed by atoms with E-state index >= 15 is 0 Å². The van der Waals surface area contributed by atoms with Crippen molar-refractivity contribution >= 4 is 22.8 Å². The van der Waals surface area contributed by atoms with Crippen LogP contribution in [-0.2, 0) is 0 Å². The molecule has 22 heavy (non-hydrogen) atoms. The SMILES string of the molecule is Cc1ccc2nnc(OC(=O)Nc3ccccn3)c(O)c2c1. The van der Waals surface area contributed by atoms with Gasteiger partial charge in [-0.05, 0) is 31.2 Å². The molecule has 0 spiro atoms. The first kappa shape index (κ1) is 13.7. The van der Waals surface area contributed by atoms with Gasteiger partial charge in [-0.15, -0.1) is 10.2 Å². The van der Waals surface area contributed by atoms with Crippen molar-refractivity contribution in [2.24, 2.45) is 0 Å². The average molecular weight is 296 g/mol. The number of nitrogens with one attached hydrogen (secondary N) is 1. The summed E-state index contributed by atoms with van der Waals surface area (Å²) in [6.07, 6.45) is 0.724. The van der Waals surface area contributed by atoms with Gasteiger partial charge in [-0.3, -0.25) is 5.32 Å². The van der Waals surface area contributed by atoms with Crippen LogP contribution in [0.1, 0.15) is 5.56 Å². The molecular weight excluding hydrogens is 284 g/mol. The van der Waals surface area contributed by atoms with Crippen LogP contribution in [0.25, 0.3) is 10.9 Å². The zero-order valence-corrected chi connectivity index (χ0v) is 11.6. The Kier molecular flexibility index (Phi) is 3.53. The van der Waals surface area contributed by atoms with Crippen molar-refractivity contribution in [2.75, 3.05) is 5.32 Å². The molecule has 0 aliphatic carbocycles. The van der Waals surface area contributed by atoms with Crippen molar-refractivity contribution < 1.29 is 14.6 Å². The van der Waals surface area contributed by atoms with Gasteiger partial charge in [0.2, 0.25) is 0 Å². The monoisotopic (exact) mass is 296 g/mol. The first-order valence-electron chi connectivity index (χ1n) is 6.49. The molecule has 1 amide bonds. The summed E-state index contributed by atoms with van der Waals surface area (Å²) in [7, 11) is 0. The lowest BCUT2D eigenvalue weighted by Gasteiger charge is -2.08. The standard InChI is InChI=1S/C15H12N4O3/c1-9-5-6-11-10(8-9)13(20)14(19-18-11)22-15(21)17-12-4-2-3-7-16-12/h2-8H,1H3,(H,18,20)(H,16,17,21). The van der Waals surface area contributed by atoms with Gasteiger partial charge in [0.25, 0.3) is 5.88 Å². The number of anilines is 1. The first-order valence-corrected chi connectivity index (χ1v) is 6.49. The van der Waals surface area contributed by atoms with Crippen molar-refractivity contribution in [3.05, 3.63) is 48.2 Å². The molecule has 110 valence electrons. The average Bonchev–Trinajstić information content (AvgIpc) is 2.51. The van der Waals surface area contributed by atoms with Crippen molar-refractivity contribution in [3.63, 3.8) is 0 Å². The molecule has 0 aliphatic heterocycles. The maximum Gasteiger partial charge on any atom is 0.419 e. The van der Waals surface area contributed by atoms with Crippen molar-refractivity contribution in [1.29, 1.82) is 0 Å². The molecule has 0 aliphatic rings. The van der Waals surface area contributed by atoms with Crippen molar-refractivity contribution in [3.8, 4) is 11.6 Å². The van der Waals surface area contributed by atoms with Gasteiger partial charge in [-0.2, -0.15) is 0 Å². The molecule has 3 rings (SSSR count). The predicted octanol–water partition coefficient (Wildman–Crippen LogP) is 2.65. The van der Waals surface area contributed by atoms with E-state index in [9.17, 15) is 9.90 Å². The van der Waals surface area contributed by atoms with E-state index in [0.29, 0.717) is 16.7 Å². The molecule has 2 heterocycles. The van der Waals surface area contributed by atoms with E-state index in [1.54, 1.807) is 30.3 Å². The summed E-state index contributed by atoms with van der Waals surface area (Å²) in [6, 6.07) is 10.4. The number of nitrogens with zero attached hydrogens (tertiary/aromatic N) is 3. The van der Waals surface area contributed by atoms with Crippen LogP contribution in [0, 0.1) is 6.92 Å². The summed E-state index contributed by atoms with van der Waals surface area (Å²) in [5.74, 6) is -0.159. The number of aromatic nitrogens is 3. The van der Waals surface area contributed by atoms with Crippen LogP contribution in [0.3, 0.4) is 0 Å². The largest absolute Gasteiger partial charge is 0.503 e. The molecule has 0 saturated carbocycles. The number of hydrogen-bond donors (Lipinski definition) is 2. The predicted molar refractivity (Wildman–Crippen MR) is 79.8 cm³/mol. The molecule has 7 heteroatoms. The Morgan fingerprint density at radius 1 is 1.23 bits per heavy atom. The third-order valence-electron chi connectivity index (χ3n) is 2.94. The number of pyridine rings is 1. The van der Waals surface area contributed by atoms with Gasteiger partial charge < -0.3 is 9.84 Å². The highest BCUT2D eigenvalue weighted by atomic mass is 16.6. The molecule has 7 nitrogen and oxygen atoms in total. The highest BCUT2D eigenvalue weighted by Gasteiger charge is 2.15. The van der Waals surface area contributed by atoms with E-state index in [2.05, 4.69) is 20.5 Å². The summed E-state index contributed by atoms with van der Waals surface area (Å²) in [5.41, 5.74) is 1.46. The molecule has 3 aromatic rings. The van der Waals surface area contributed by atoms with Crippen LogP contribution in [0.15, 0.2) is 42.6 Å². The molecule has 0 radical (unpaired) electrons. The Labute approximate surface area is 125 Å². The lowest BCUT2D eigenvalue weighted by Crippen LogP contribution is -2.18. The van der Waals surface area contributed by atoms with Gasteiger partial charge in [0.05, 0.1) is 5.52 Å². The fourth-order valence-corrected chi connectivity index (χ4v) is 1.91.